The third-order valence-corrected chi connectivity index (χ3v) is 9.13. The van der Waals surface area contributed by atoms with Gasteiger partial charge in [-0.25, -0.2) is 0 Å². The van der Waals surface area contributed by atoms with Gasteiger partial charge in [-0.1, -0.05) is 79.7 Å². The van der Waals surface area contributed by atoms with Crippen LogP contribution in [0.1, 0.15) is 47.2 Å². The highest BCUT2D eigenvalue weighted by Crippen LogP contribution is 2.42. The summed E-state index contributed by atoms with van der Waals surface area (Å²) in [6.07, 6.45) is 5.46. The zero-order valence-electron chi connectivity index (χ0n) is 24.5. The van der Waals surface area contributed by atoms with Crippen molar-refractivity contribution in [1.82, 2.24) is 9.13 Å². The normalized spacial score (nSPS) is 14.1. The number of nitrogens with zero attached hydrogens (tertiary/aromatic N) is 4. The molecule has 1 aliphatic rings. The molecule has 44 heavy (non-hydrogen) atoms. The van der Waals surface area contributed by atoms with Crippen molar-refractivity contribution >= 4 is 38.8 Å². The lowest BCUT2D eigenvalue weighted by atomic mass is 9.93. The Bertz CT molecular complexity index is 2420. The van der Waals surface area contributed by atoms with E-state index in [2.05, 4.69) is 132 Å². The summed E-state index contributed by atoms with van der Waals surface area (Å²) in [5.41, 5.74) is 12.3. The topological polar surface area (TPSA) is 57.4 Å². The minimum atomic E-state index is 0.322. The predicted molar refractivity (Wildman–Crippen MR) is 179 cm³/mol. The van der Waals surface area contributed by atoms with Gasteiger partial charge < -0.3 is 9.13 Å². The van der Waals surface area contributed by atoms with Crippen LogP contribution in [-0.2, 0) is 0 Å². The molecule has 0 fully saturated rings. The van der Waals surface area contributed by atoms with E-state index in [0.29, 0.717) is 17.0 Å². The van der Waals surface area contributed by atoms with Gasteiger partial charge in [0.05, 0.1) is 45.1 Å². The van der Waals surface area contributed by atoms with E-state index in [1.165, 1.54) is 16.6 Å². The Labute approximate surface area is 255 Å². The van der Waals surface area contributed by atoms with E-state index in [1.54, 1.807) is 0 Å². The molecule has 4 nitrogen and oxygen atoms in total. The number of para-hydroxylation sites is 3. The fourth-order valence-electron chi connectivity index (χ4n) is 7.16. The van der Waals surface area contributed by atoms with Gasteiger partial charge in [-0.2, -0.15) is 10.5 Å². The number of benzene rings is 5. The van der Waals surface area contributed by atoms with Gasteiger partial charge >= 0.3 is 0 Å². The second-order valence-electron chi connectivity index (χ2n) is 11.7. The molecule has 0 saturated carbocycles. The number of hydrogen-bond donors (Lipinski definition) is 0. The van der Waals surface area contributed by atoms with E-state index < -0.39 is 0 Å². The van der Waals surface area contributed by atoms with Gasteiger partial charge in [0.1, 0.15) is 6.07 Å². The minimum absolute atomic E-state index is 0.322. The highest BCUT2D eigenvalue weighted by Gasteiger charge is 2.25. The monoisotopic (exact) mass is 564 g/mol. The lowest BCUT2D eigenvalue weighted by Crippen LogP contribution is -2.08. The van der Waals surface area contributed by atoms with E-state index in [1.807, 2.05) is 18.2 Å². The van der Waals surface area contributed by atoms with Gasteiger partial charge in [0.15, 0.2) is 0 Å². The largest absolute Gasteiger partial charge is 0.311 e. The minimum Gasteiger partial charge on any atom is -0.311 e. The first-order valence-corrected chi connectivity index (χ1v) is 15.0. The van der Waals surface area contributed by atoms with Crippen molar-refractivity contribution < 1.29 is 0 Å². The second-order valence-corrected chi connectivity index (χ2v) is 11.7. The molecule has 0 N–H and O–H groups in total. The van der Waals surface area contributed by atoms with Crippen LogP contribution in [0.2, 0.25) is 0 Å². The van der Waals surface area contributed by atoms with Gasteiger partial charge in [-0.15, -0.1) is 0 Å². The standard InChI is InChI=1S/C40H28N4/c1-25-9-7-13-30(39(25)43-36-16-6-4-12-32(36)34-21-27(23-41)17-20-37(34)43)28-18-19-29(24-42)38(22-28)44-35-15-5-3-11-31(35)33-14-8-10-26(2)40(33)44/h3-9,11-22,26H,10H2,1-2H3. The average molecular weight is 565 g/mol. The van der Waals surface area contributed by atoms with Crippen LogP contribution in [0.25, 0.3) is 61.3 Å². The summed E-state index contributed by atoms with van der Waals surface area (Å²) in [5, 5.41) is 23.4. The molecule has 2 heterocycles. The Morgan fingerprint density at radius 2 is 1.45 bits per heavy atom. The van der Waals surface area contributed by atoms with Crippen LogP contribution in [0, 0.1) is 29.6 Å². The maximum absolute atomic E-state index is 10.3. The molecule has 4 heteroatoms. The van der Waals surface area contributed by atoms with Gasteiger partial charge in [-0.05, 0) is 66.9 Å². The SMILES string of the molecule is Cc1cccc(-c2ccc(C#N)c(-n3c4c(c5ccccc53)C=CCC4C)c2)c1-n1c2ccccc2c2cc(C#N)ccc21. The molecule has 0 aliphatic heterocycles. The zero-order chi connectivity index (χ0) is 29.9. The number of allylic oxidation sites excluding steroid dienone is 1. The summed E-state index contributed by atoms with van der Waals surface area (Å²) >= 11 is 0. The van der Waals surface area contributed by atoms with E-state index in [0.717, 1.165) is 61.8 Å². The van der Waals surface area contributed by atoms with Gasteiger partial charge in [0.2, 0.25) is 0 Å². The number of aryl methyl sites for hydroxylation is 1. The maximum Gasteiger partial charge on any atom is 0.101 e. The maximum atomic E-state index is 10.3. The van der Waals surface area contributed by atoms with E-state index in [-0.39, 0.29) is 0 Å². The van der Waals surface area contributed by atoms with Gasteiger partial charge in [0, 0.05) is 38.9 Å². The number of aromatic nitrogens is 2. The van der Waals surface area contributed by atoms with Crippen molar-refractivity contribution in [3.05, 3.63) is 137 Å². The molecule has 0 saturated heterocycles. The van der Waals surface area contributed by atoms with Crippen molar-refractivity contribution in [3.63, 3.8) is 0 Å². The van der Waals surface area contributed by atoms with Gasteiger partial charge in [-0.3, -0.25) is 0 Å². The molecule has 208 valence electrons. The molecule has 0 bridgehead atoms. The fourth-order valence-corrected chi connectivity index (χ4v) is 7.16. The van der Waals surface area contributed by atoms with Crippen LogP contribution in [0.15, 0.2) is 109 Å². The number of nitriles is 2. The molecule has 8 rings (SSSR count). The van der Waals surface area contributed by atoms with Crippen molar-refractivity contribution in [2.75, 3.05) is 0 Å². The van der Waals surface area contributed by atoms with E-state index in [4.69, 9.17) is 0 Å². The first-order valence-electron chi connectivity index (χ1n) is 15.0. The van der Waals surface area contributed by atoms with Crippen LogP contribution >= 0.6 is 0 Å². The molecule has 1 aliphatic carbocycles. The zero-order valence-corrected chi connectivity index (χ0v) is 24.5. The Balaban J connectivity index is 1.43. The summed E-state index contributed by atoms with van der Waals surface area (Å²) in [7, 11) is 0. The molecule has 7 aromatic rings. The Morgan fingerprint density at radius 3 is 2.25 bits per heavy atom. The predicted octanol–water partition coefficient (Wildman–Crippen LogP) is 9.97. The first-order chi connectivity index (χ1) is 21.6. The Hall–Kier alpha value is -5.84. The van der Waals surface area contributed by atoms with Crippen LogP contribution in [0.3, 0.4) is 0 Å². The lowest BCUT2D eigenvalue weighted by molar-refractivity contribution is 0.723. The van der Waals surface area contributed by atoms with E-state index in [9.17, 15) is 10.5 Å². The molecule has 0 spiro atoms. The van der Waals surface area contributed by atoms with Crippen molar-refractivity contribution in [1.29, 1.82) is 10.5 Å². The Morgan fingerprint density at radius 1 is 0.705 bits per heavy atom. The van der Waals surface area contributed by atoms with Crippen molar-refractivity contribution in [2.24, 2.45) is 0 Å². The molecule has 5 aromatic carbocycles. The first kappa shape index (κ1) is 25.8. The molecule has 2 aromatic heterocycles. The second kappa shape index (κ2) is 9.87. The molecule has 1 unspecified atom stereocenters. The summed E-state index contributed by atoms with van der Waals surface area (Å²) in [6.45, 7) is 4.42. The summed E-state index contributed by atoms with van der Waals surface area (Å²) in [6, 6.07) is 40.3. The summed E-state index contributed by atoms with van der Waals surface area (Å²) < 4.78 is 4.65. The quantitative estimate of drug-likeness (QED) is 0.214. The van der Waals surface area contributed by atoms with Gasteiger partial charge in [0.25, 0.3) is 0 Å². The molecular formula is C40H28N4. The van der Waals surface area contributed by atoms with Crippen molar-refractivity contribution in [2.45, 2.75) is 26.2 Å². The third-order valence-electron chi connectivity index (χ3n) is 9.13. The van der Waals surface area contributed by atoms with Crippen LogP contribution in [0.4, 0.5) is 0 Å². The van der Waals surface area contributed by atoms with E-state index >= 15 is 0 Å². The number of fused-ring (bicyclic) bond motifs is 6. The molecule has 1 atom stereocenters. The highest BCUT2D eigenvalue weighted by atomic mass is 15.0. The van der Waals surface area contributed by atoms with Crippen molar-refractivity contribution in [3.8, 4) is 34.6 Å². The molecular weight excluding hydrogens is 536 g/mol. The smallest absolute Gasteiger partial charge is 0.101 e. The average Bonchev–Trinajstić information content (AvgIpc) is 3.58. The fraction of sp³-hybridized carbons (Fsp3) is 0.100. The third kappa shape index (κ3) is 3.68. The van der Waals surface area contributed by atoms with Crippen LogP contribution < -0.4 is 0 Å². The number of hydrogen-bond acceptors (Lipinski definition) is 2. The summed E-state index contributed by atoms with van der Waals surface area (Å²) in [5.74, 6) is 0.322. The lowest BCUT2D eigenvalue weighted by Gasteiger charge is -2.21. The molecule has 0 amide bonds. The number of rotatable bonds is 3. The molecule has 0 radical (unpaired) electrons. The Kier molecular flexibility index (Phi) is 5.80. The van der Waals surface area contributed by atoms with Crippen LogP contribution in [-0.4, -0.2) is 9.13 Å². The summed E-state index contributed by atoms with van der Waals surface area (Å²) in [4.78, 5) is 0. The highest BCUT2D eigenvalue weighted by molar-refractivity contribution is 6.10. The van der Waals surface area contributed by atoms with Crippen LogP contribution in [0.5, 0.6) is 0 Å².